The van der Waals surface area contributed by atoms with Gasteiger partial charge in [-0.25, -0.2) is 4.39 Å². The molecule has 0 aliphatic heterocycles. The highest BCUT2D eigenvalue weighted by molar-refractivity contribution is 5.85. The van der Waals surface area contributed by atoms with Gasteiger partial charge in [-0.3, -0.25) is 0 Å². The van der Waals surface area contributed by atoms with E-state index in [2.05, 4.69) is 74.2 Å². The predicted molar refractivity (Wildman–Crippen MR) is 161 cm³/mol. The van der Waals surface area contributed by atoms with Crippen molar-refractivity contribution in [2.45, 2.75) is 84.5 Å². The maximum absolute atomic E-state index is 15.3. The minimum atomic E-state index is -0.105. The molecule has 0 bridgehead atoms. The summed E-state index contributed by atoms with van der Waals surface area (Å²) in [6.45, 7) is 4.47. The second-order valence-electron chi connectivity index (χ2n) is 10.5. The average Bonchev–Trinajstić information content (AvgIpc) is 2.95. The molecule has 196 valence electrons. The topological polar surface area (TPSA) is 0 Å². The summed E-state index contributed by atoms with van der Waals surface area (Å²) in [5, 5.41) is 1.57. The first-order valence-electron chi connectivity index (χ1n) is 14.6. The summed E-state index contributed by atoms with van der Waals surface area (Å²) >= 11 is 0. The van der Waals surface area contributed by atoms with E-state index < -0.39 is 0 Å². The SMILES string of the molecule is CCCCCCCc1ccc(C#Cc2ccc3c(F)c(CCc4ccc(CCCC)cc4)ccc3c2)cc1. The molecule has 0 heterocycles. The van der Waals surface area contributed by atoms with Crippen LogP contribution >= 0.6 is 0 Å². The number of hydrogen-bond acceptors (Lipinski definition) is 0. The van der Waals surface area contributed by atoms with E-state index in [4.69, 9.17) is 0 Å². The highest BCUT2D eigenvalue weighted by atomic mass is 19.1. The summed E-state index contributed by atoms with van der Waals surface area (Å²) in [4.78, 5) is 0. The Morgan fingerprint density at radius 1 is 0.526 bits per heavy atom. The fourth-order valence-corrected chi connectivity index (χ4v) is 4.97. The smallest absolute Gasteiger partial charge is 0.134 e. The van der Waals surface area contributed by atoms with Crippen molar-refractivity contribution in [3.63, 3.8) is 0 Å². The Morgan fingerprint density at radius 2 is 1.11 bits per heavy atom. The summed E-state index contributed by atoms with van der Waals surface area (Å²) in [5.41, 5.74) is 6.73. The molecule has 0 radical (unpaired) electrons. The molecule has 0 fully saturated rings. The van der Waals surface area contributed by atoms with E-state index in [0.717, 1.165) is 41.3 Å². The van der Waals surface area contributed by atoms with E-state index in [0.29, 0.717) is 11.8 Å². The van der Waals surface area contributed by atoms with Gasteiger partial charge < -0.3 is 0 Å². The second kappa shape index (κ2) is 14.5. The van der Waals surface area contributed by atoms with Gasteiger partial charge in [0.1, 0.15) is 5.82 Å². The number of benzene rings is 4. The first-order valence-corrected chi connectivity index (χ1v) is 14.6. The molecule has 0 unspecified atom stereocenters. The Labute approximate surface area is 229 Å². The van der Waals surface area contributed by atoms with Gasteiger partial charge in [0, 0.05) is 16.5 Å². The van der Waals surface area contributed by atoms with Crippen molar-refractivity contribution in [2.24, 2.45) is 0 Å². The lowest BCUT2D eigenvalue weighted by Gasteiger charge is -2.08. The number of hydrogen-bond donors (Lipinski definition) is 0. The van der Waals surface area contributed by atoms with Crippen LogP contribution in [0, 0.1) is 17.7 Å². The molecule has 0 saturated heterocycles. The fraction of sp³-hybridized carbons (Fsp3) is 0.351. The number of halogens is 1. The molecule has 0 atom stereocenters. The molecule has 4 aromatic rings. The van der Waals surface area contributed by atoms with E-state index in [1.54, 1.807) is 0 Å². The molecular formula is C37H41F. The zero-order chi connectivity index (χ0) is 26.6. The van der Waals surface area contributed by atoms with E-state index in [1.165, 1.54) is 61.6 Å². The Balaban J connectivity index is 1.36. The van der Waals surface area contributed by atoms with Gasteiger partial charge in [-0.1, -0.05) is 112 Å². The third kappa shape index (κ3) is 8.06. The van der Waals surface area contributed by atoms with Crippen molar-refractivity contribution < 1.29 is 4.39 Å². The van der Waals surface area contributed by atoms with E-state index in [-0.39, 0.29) is 5.82 Å². The fourth-order valence-electron chi connectivity index (χ4n) is 4.97. The number of rotatable bonds is 12. The minimum Gasteiger partial charge on any atom is -0.206 e. The number of aryl methyl sites for hydroxylation is 4. The third-order valence-corrected chi connectivity index (χ3v) is 7.43. The van der Waals surface area contributed by atoms with Gasteiger partial charge in [-0.15, -0.1) is 0 Å². The first kappa shape index (κ1) is 27.7. The van der Waals surface area contributed by atoms with Crippen LogP contribution in [0.2, 0.25) is 0 Å². The van der Waals surface area contributed by atoms with Crippen LogP contribution in [-0.4, -0.2) is 0 Å². The summed E-state index contributed by atoms with van der Waals surface area (Å²) in [6, 6.07) is 27.2. The normalized spacial score (nSPS) is 10.9. The molecular weight excluding hydrogens is 463 g/mol. The monoisotopic (exact) mass is 504 g/mol. The van der Waals surface area contributed by atoms with Crippen LogP contribution in [-0.2, 0) is 25.7 Å². The molecule has 0 nitrogen and oxygen atoms in total. The van der Waals surface area contributed by atoms with E-state index >= 15 is 4.39 Å². The van der Waals surface area contributed by atoms with Crippen LogP contribution in [0.4, 0.5) is 4.39 Å². The van der Waals surface area contributed by atoms with Gasteiger partial charge in [-0.2, -0.15) is 0 Å². The van der Waals surface area contributed by atoms with Crippen molar-refractivity contribution in [1.82, 2.24) is 0 Å². The van der Waals surface area contributed by atoms with Crippen LogP contribution in [0.1, 0.15) is 92.2 Å². The van der Waals surface area contributed by atoms with Crippen LogP contribution in [0.25, 0.3) is 10.8 Å². The quantitative estimate of drug-likeness (QED) is 0.133. The molecule has 0 N–H and O–H groups in total. The highest BCUT2D eigenvalue weighted by Gasteiger charge is 2.08. The van der Waals surface area contributed by atoms with Gasteiger partial charge in [0.15, 0.2) is 0 Å². The second-order valence-corrected chi connectivity index (χ2v) is 10.5. The van der Waals surface area contributed by atoms with Crippen LogP contribution in [0.15, 0.2) is 78.9 Å². The number of unbranched alkanes of at least 4 members (excludes halogenated alkanes) is 5. The van der Waals surface area contributed by atoms with E-state index in [1.807, 2.05) is 30.3 Å². The zero-order valence-corrected chi connectivity index (χ0v) is 23.2. The zero-order valence-electron chi connectivity index (χ0n) is 23.2. The first-order chi connectivity index (χ1) is 18.7. The molecule has 0 aliphatic carbocycles. The summed E-state index contributed by atoms with van der Waals surface area (Å²) < 4.78 is 15.3. The van der Waals surface area contributed by atoms with Gasteiger partial charge in [-0.05, 0) is 90.4 Å². The molecule has 0 aliphatic rings. The van der Waals surface area contributed by atoms with Crippen molar-refractivity contribution in [2.75, 3.05) is 0 Å². The predicted octanol–water partition coefficient (Wildman–Crippen LogP) is 10.0. The summed E-state index contributed by atoms with van der Waals surface area (Å²) in [7, 11) is 0. The van der Waals surface area contributed by atoms with Gasteiger partial charge >= 0.3 is 0 Å². The Morgan fingerprint density at radius 3 is 1.82 bits per heavy atom. The molecule has 4 aromatic carbocycles. The lowest BCUT2D eigenvalue weighted by molar-refractivity contribution is 0.620. The van der Waals surface area contributed by atoms with Crippen molar-refractivity contribution in [3.05, 3.63) is 118 Å². The lowest BCUT2D eigenvalue weighted by atomic mass is 9.98. The Bertz CT molecular complexity index is 1350. The van der Waals surface area contributed by atoms with Crippen molar-refractivity contribution in [3.8, 4) is 11.8 Å². The maximum Gasteiger partial charge on any atom is 0.134 e. The summed E-state index contributed by atoms with van der Waals surface area (Å²) in [5.74, 6) is 6.43. The molecule has 1 heteroatoms. The number of fused-ring (bicyclic) bond motifs is 1. The third-order valence-electron chi connectivity index (χ3n) is 7.43. The lowest BCUT2D eigenvalue weighted by Crippen LogP contribution is -1.96. The highest BCUT2D eigenvalue weighted by Crippen LogP contribution is 2.24. The van der Waals surface area contributed by atoms with Crippen LogP contribution in [0.5, 0.6) is 0 Å². The van der Waals surface area contributed by atoms with Gasteiger partial charge in [0.25, 0.3) is 0 Å². The van der Waals surface area contributed by atoms with Crippen LogP contribution in [0.3, 0.4) is 0 Å². The molecule has 0 saturated carbocycles. The van der Waals surface area contributed by atoms with Gasteiger partial charge in [0.05, 0.1) is 0 Å². The Kier molecular flexibility index (Phi) is 10.6. The molecule has 0 aromatic heterocycles. The van der Waals surface area contributed by atoms with Crippen LogP contribution < -0.4 is 0 Å². The molecule has 4 rings (SSSR count). The molecule has 38 heavy (non-hydrogen) atoms. The minimum absolute atomic E-state index is 0.105. The summed E-state index contributed by atoms with van der Waals surface area (Å²) in [6.07, 6.45) is 12.8. The average molecular weight is 505 g/mol. The molecule has 0 amide bonds. The standard InChI is InChI=1S/C37H41F/c1-3-5-7-8-9-11-30-14-16-31(17-15-30)20-21-33-23-27-36-35(28-33)26-25-34(37(36)38)24-22-32-18-12-29(13-19-32)10-6-4-2/h12-19,23,25-28H,3-11,22,24H2,1-2H3. The largest absolute Gasteiger partial charge is 0.206 e. The Hall–Kier alpha value is -3.37. The van der Waals surface area contributed by atoms with Crippen molar-refractivity contribution >= 4 is 10.8 Å². The molecule has 0 spiro atoms. The van der Waals surface area contributed by atoms with Gasteiger partial charge in [0.2, 0.25) is 0 Å². The maximum atomic E-state index is 15.3. The van der Waals surface area contributed by atoms with E-state index in [9.17, 15) is 0 Å². The van der Waals surface area contributed by atoms with Crippen molar-refractivity contribution in [1.29, 1.82) is 0 Å².